The van der Waals surface area contributed by atoms with Crippen LogP contribution in [0.4, 0.5) is 0 Å². The molecule has 0 aromatic carbocycles. The molecule has 3 N–H and O–H groups in total. The molecule has 0 amide bonds. The minimum absolute atomic E-state index is 0.185. The molecule has 0 unspecified atom stereocenters. The summed E-state index contributed by atoms with van der Waals surface area (Å²) in [5.41, 5.74) is 0. The fourth-order valence-corrected chi connectivity index (χ4v) is 1.14. The molecule has 54 valence electrons. The molecule has 0 radical (unpaired) electrons. The summed E-state index contributed by atoms with van der Waals surface area (Å²) >= 11 is 0. The van der Waals surface area contributed by atoms with E-state index >= 15 is 0 Å². The van der Waals surface area contributed by atoms with Crippen LogP contribution in [0.25, 0.3) is 0 Å². The lowest BCUT2D eigenvalue weighted by Gasteiger charge is -2.24. The van der Waals surface area contributed by atoms with Gasteiger partial charge in [-0.05, 0) is 12.3 Å². The van der Waals surface area contributed by atoms with Crippen LogP contribution in [0.2, 0.25) is 0 Å². The Labute approximate surface area is 54.7 Å². The normalized spacial score (nSPS) is 36.7. The summed E-state index contributed by atoms with van der Waals surface area (Å²) in [5.74, 6) is 0.258. The molecule has 0 aliphatic carbocycles. The third-order valence-electron chi connectivity index (χ3n) is 1.68. The first-order valence-corrected chi connectivity index (χ1v) is 3.32. The highest BCUT2D eigenvalue weighted by molar-refractivity contribution is 4.74. The highest BCUT2D eigenvalue weighted by atomic mass is 16.3. The molecule has 0 aromatic rings. The Hall–Kier alpha value is -0.120. The average molecular weight is 131 g/mol. The van der Waals surface area contributed by atoms with Gasteiger partial charge in [-0.2, -0.15) is 0 Å². The zero-order valence-electron chi connectivity index (χ0n) is 5.38. The molecular formula is C6H13NO2. The zero-order valence-corrected chi connectivity index (χ0v) is 5.38. The van der Waals surface area contributed by atoms with Gasteiger partial charge in [-0.25, -0.2) is 0 Å². The van der Waals surface area contributed by atoms with E-state index in [4.69, 9.17) is 10.2 Å². The van der Waals surface area contributed by atoms with Gasteiger partial charge in [-0.15, -0.1) is 0 Å². The number of aliphatic hydroxyl groups excluding tert-OH is 2. The fourth-order valence-electron chi connectivity index (χ4n) is 1.14. The van der Waals surface area contributed by atoms with Gasteiger partial charge in [-0.3, -0.25) is 0 Å². The second-order valence-corrected chi connectivity index (χ2v) is 2.60. The molecule has 0 saturated carbocycles. The molecule has 3 nitrogen and oxygen atoms in total. The van der Waals surface area contributed by atoms with Crippen LogP contribution in [0, 0.1) is 5.92 Å². The van der Waals surface area contributed by atoms with Crippen molar-refractivity contribution in [3.63, 3.8) is 0 Å². The van der Waals surface area contributed by atoms with Crippen LogP contribution in [-0.2, 0) is 0 Å². The van der Waals surface area contributed by atoms with Crippen LogP contribution in [0.15, 0.2) is 0 Å². The standard InChI is InChI=1S/C6H13NO2/c8-4-5-1-6(9)3-7-2-5/h5-9H,1-4H2/t5-,6+/m1/s1. The Bertz CT molecular complexity index is 87.1. The van der Waals surface area contributed by atoms with Crippen molar-refractivity contribution in [2.75, 3.05) is 19.7 Å². The van der Waals surface area contributed by atoms with E-state index in [0.29, 0.717) is 6.54 Å². The quantitative estimate of drug-likeness (QED) is 0.425. The lowest BCUT2D eigenvalue weighted by atomic mass is 9.99. The van der Waals surface area contributed by atoms with Crippen molar-refractivity contribution >= 4 is 0 Å². The van der Waals surface area contributed by atoms with Crippen LogP contribution >= 0.6 is 0 Å². The van der Waals surface area contributed by atoms with E-state index in [-0.39, 0.29) is 18.6 Å². The highest BCUT2D eigenvalue weighted by Gasteiger charge is 2.17. The maximum atomic E-state index is 9.04. The van der Waals surface area contributed by atoms with Crippen molar-refractivity contribution in [1.29, 1.82) is 0 Å². The van der Waals surface area contributed by atoms with Gasteiger partial charge in [0.15, 0.2) is 0 Å². The molecule has 1 aliphatic rings. The van der Waals surface area contributed by atoms with Crippen LogP contribution < -0.4 is 5.32 Å². The topological polar surface area (TPSA) is 52.5 Å². The first kappa shape index (κ1) is 6.99. The second-order valence-electron chi connectivity index (χ2n) is 2.60. The van der Waals surface area contributed by atoms with E-state index < -0.39 is 0 Å². The van der Waals surface area contributed by atoms with Crippen LogP contribution in [0.5, 0.6) is 0 Å². The Morgan fingerprint density at radius 2 is 2.22 bits per heavy atom. The molecule has 1 aliphatic heterocycles. The van der Waals surface area contributed by atoms with Crippen molar-refractivity contribution in [2.45, 2.75) is 12.5 Å². The smallest absolute Gasteiger partial charge is 0.0668 e. The number of piperidine rings is 1. The zero-order chi connectivity index (χ0) is 6.69. The summed E-state index contributed by atoms with van der Waals surface area (Å²) in [6.45, 7) is 1.70. The Morgan fingerprint density at radius 1 is 1.44 bits per heavy atom. The van der Waals surface area contributed by atoms with Crippen molar-refractivity contribution in [3.8, 4) is 0 Å². The maximum absolute atomic E-state index is 9.04. The van der Waals surface area contributed by atoms with Gasteiger partial charge in [0.25, 0.3) is 0 Å². The number of β-amino-alcohol motifs (C(OH)–C–C–N with tert-alkyl or cyclic N) is 1. The summed E-state index contributed by atoms with van der Waals surface area (Å²) in [4.78, 5) is 0. The van der Waals surface area contributed by atoms with Crippen molar-refractivity contribution in [3.05, 3.63) is 0 Å². The summed E-state index contributed by atoms with van der Waals surface area (Å²) in [5, 5.41) is 20.7. The fraction of sp³-hybridized carbons (Fsp3) is 1.00. The minimum atomic E-state index is -0.254. The lowest BCUT2D eigenvalue weighted by molar-refractivity contribution is 0.0879. The molecule has 1 saturated heterocycles. The van der Waals surface area contributed by atoms with Gasteiger partial charge in [0.2, 0.25) is 0 Å². The predicted octanol–water partition coefficient (Wildman–Crippen LogP) is -1.05. The number of hydrogen-bond donors (Lipinski definition) is 3. The average Bonchev–Trinajstić information content (AvgIpc) is 1.88. The first-order valence-electron chi connectivity index (χ1n) is 3.32. The van der Waals surface area contributed by atoms with E-state index in [1.54, 1.807) is 0 Å². The molecular weight excluding hydrogens is 118 g/mol. The maximum Gasteiger partial charge on any atom is 0.0668 e. The van der Waals surface area contributed by atoms with E-state index in [1.165, 1.54) is 0 Å². The number of aliphatic hydroxyl groups is 2. The molecule has 9 heavy (non-hydrogen) atoms. The highest BCUT2D eigenvalue weighted by Crippen LogP contribution is 2.08. The van der Waals surface area contributed by atoms with Crippen molar-refractivity contribution in [2.24, 2.45) is 5.92 Å². The first-order chi connectivity index (χ1) is 4.33. The molecule has 0 bridgehead atoms. The van der Waals surface area contributed by atoms with Gasteiger partial charge in [0, 0.05) is 19.7 Å². The van der Waals surface area contributed by atoms with Crippen molar-refractivity contribution < 1.29 is 10.2 Å². The second kappa shape index (κ2) is 3.15. The van der Waals surface area contributed by atoms with Gasteiger partial charge in [-0.1, -0.05) is 0 Å². The minimum Gasteiger partial charge on any atom is -0.396 e. The Morgan fingerprint density at radius 3 is 2.67 bits per heavy atom. The molecule has 0 spiro atoms. The van der Waals surface area contributed by atoms with Gasteiger partial charge in [0.1, 0.15) is 0 Å². The number of nitrogens with one attached hydrogen (secondary N) is 1. The van der Waals surface area contributed by atoms with Crippen LogP contribution in [-0.4, -0.2) is 36.0 Å². The van der Waals surface area contributed by atoms with Gasteiger partial charge >= 0.3 is 0 Å². The Balaban J connectivity index is 2.23. The summed E-state index contributed by atoms with van der Waals surface area (Å²) in [6.07, 6.45) is 0.486. The molecule has 1 heterocycles. The molecule has 0 aromatic heterocycles. The largest absolute Gasteiger partial charge is 0.396 e. The van der Waals surface area contributed by atoms with Gasteiger partial charge < -0.3 is 15.5 Å². The van der Waals surface area contributed by atoms with Crippen molar-refractivity contribution in [1.82, 2.24) is 5.32 Å². The number of hydrogen-bond acceptors (Lipinski definition) is 3. The molecule has 1 rings (SSSR count). The van der Waals surface area contributed by atoms with E-state index in [1.807, 2.05) is 0 Å². The number of rotatable bonds is 1. The molecule has 1 fully saturated rings. The van der Waals surface area contributed by atoms with Gasteiger partial charge in [0.05, 0.1) is 6.10 Å². The predicted molar refractivity (Wildman–Crippen MR) is 34.1 cm³/mol. The third kappa shape index (κ3) is 1.93. The monoisotopic (exact) mass is 131 g/mol. The lowest BCUT2D eigenvalue weighted by Crippen LogP contribution is -2.40. The van der Waals surface area contributed by atoms with Crippen LogP contribution in [0.1, 0.15) is 6.42 Å². The van der Waals surface area contributed by atoms with E-state index in [2.05, 4.69) is 5.32 Å². The SMILES string of the molecule is OC[C@H]1CNC[C@@H](O)C1. The molecule has 2 atom stereocenters. The summed E-state index contributed by atoms with van der Waals surface area (Å²) < 4.78 is 0. The van der Waals surface area contributed by atoms with E-state index in [0.717, 1.165) is 13.0 Å². The van der Waals surface area contributed by atoms with E-state index in [9.17, 15) is 0 Å². The van der Waals surface area contributed by atoms with Crippen LogP contribution in [0.3, 0.4) is 0 Å². The summed E-state index contributed by atoms with van der Waals surface area (Å²) in [7, 11) is 0. The Kier molecular flexibility index (Phi) is 2.45. The summed E-state index contributed by atoms with van der Waals surface area (Å²) in [6, 6.07) is 0. The molecule has 3 heteroatoms. The third-order valence-corrected chi connectivity index (χ3v) is 1.68.